The van der Waals surface area contributed by atoms with E-state index in [0.717, 1.165) is 0 Å². The highest BCUT2D eigenvalue weighted by Gasteiger charge is 2.22. The lowest BCUT2D eigenvalue weighted by Gasteiger charge is -2.18. The molecule has 0 aliphatic heterocycles. The monoisotopic (exact) mass is 358 g/mol. The number of methoxy groups -OCH3 is 2. The van der Waals surface area contributed by atoms with E-state index in [9.17, 15) is 13.2 Å². The predicted octanol–water partition coefficient (Wildman–Crippen LogP) is 1.39. The molecule has 1 rings (SSSR count). The SMILES string of the molecule is COCCNS(=O)(=O)c1cc(C(=O)NC(C)C(C)C)ccc1OC. The number of amides is 1. The molecule has 8 heteroatoms. The van der Waals surface area contributed by atoms with Crippen LogP contribution in [0.1, 0.15) is 31.1 Å². The van der Waals surface area contributed by atoms with Gasteiger partial charge in [0.2, 0.25) is 10.0 Å². The van der Waals surface area contributed by atoms with Crippen molar-refractivity contribution in [1.82, 2.24) is 10.0 Å². The highest BCUT2D eigenvalue weighted by Crippen LogP contribution is 2.25. The van der Waals surface area contributed by atoms with Gasteiger partial charge in [-0.15, -0.1) is 0 Å². The van der Waals surface area contributed by atoms with Crippen LogP contribution < -0.4 is 14.8 Å². The Morgan fingerprint density at radius 3 is 2.42 bits per heavy atom. The quantitative estimate of drug-likeness (QED) is 0.651. The summed E-state index contributed by atoms with van der Waals surface area (Å²) in [7, 11) is -0.950. The van der Waals surface area contributed by atoms with Gasteiger partial charge in [0, 0.05) is 25.3 Å². The largest absolute Gasteiger partial charge is 0.495 e. The molecular formula is C16H26N2O5S. The minimum Gasteiger partial charge on any atom is -0.495 e. The lowest BCUT2D eigenvalue weighted by atomic mass is 10.1. The lowest BCUT2D eigenvalue weighted by molar-refractivity contribution is 0.0930. The van der Waals surface area contributed by atoms with Crippen molar-refractivity contribution in [2.75, 3.05) is 27.4 Å². The van der Waals surface area contributed by atoms with E-state index in [2.05, 4.69) is 10.0 Å². The zero-order chi connectivity index (χ0) is 18.3. The molecule has 0 heterocycles. The van der Waals surface area contributed by atoms with Crippen LogP contribution >= 0.6 is 0 Å². The molecule has 0 aliphatic rings. The highest BCUT2D eigenvalue weighted by molar-refractivity contribution is 7.89. The van der Waals surface area contributed by atoms with Gasteiger partial charge >= 0.3 is 0 Å². The van der Waals surface area contributed by atoms with Crippen LogP contribution in [-0.2, 0) is 14.8 Å². The van der Waals surface area contributed by atoms with Crippen molar-refractivity contribution in [2.45, 2.75) is 31.7 Å². The molecule has 0 bridgehead atoms. The van der Waals surface area contributed by atoms with E-state index in [1.165, 1.54) is 32.4 Å². The summed E-state index contributed by atoms with van der Waals surface area (Å²) in [5.41, 5.74) is 0.260. The molecule has 1 amide bonds. The predicted molar refractivity (Wildman–Crippen MR) is 91.8 cm³/mol. The molecule has 1 unspecified atom stereocenters. The number of hydrogen-bond donors (Lipinski definition) is 2. The first kappa shape index (κ1) is 20.4. The molecule has 0 radical (unpaired) electrons. The second kappa shape index (κ2) is 9.00. The van der Waals surface area contributed by atoms with Gasteiger partial charge in [-0.2, -0.15) is 0 Å². The molecule has 0 fully saturated rings. The fourth-order valence-corrected chi connectivity index (χ4v) is 3.05. The Morgan fingerprint density at radius 1 is 1.21 bits per heavy atom. The van der Waals surface area contributed by atoms with Gasteiger partial charge in [0.1, 0.15) is 10.6 Å². The van der Waals surface area contributed by atoms with Crippen molar-refractivity contribution in [1.29, 1.82) is 0 Å². The maximum absolute atomic E-state index is 12.4. The normalized spacial score (nSPS) is 12.9. The van der Waals surface area contributed by atoms with Crippen LogP contribution in [0, 0.1) is 5.92 Å². The van der Waals surface area contributed by atoms with Gasteiger partial charge < -0.3 is 14.8 Å². The number of ether oxygens (including phenoxy) is 2. The topological polar surface area (TPSA) is 93.7 Å². The van der Waals surface area contributed by atoms with Gasteiger partial charge in [-0.3, -0.25) is 4.79 Å². The number of carbonyl (C=O) groups excluding carboxylic acids is 1. The van der Waals surface area contributed by atoms with Crippen LogP contribution in [0.4, 0.5) is 0 Å². The van der Waals surface area contributed by atoms with Crippen molar-refractivity contribution in [2.24, 2.45) is 5.92 Å². The maximum Gasteiger partial charge on any atom is 0.251 e. The third kappa shape index (κ3) is 5.47. The summed E-state index contributed by atoms with van der Waals surface area (Å²) < 4.78 is 37.2. The fourth-order valence-electron chi connectivity index (χ4n) is 1.84. The first-order valence-electron chi connectivity index (χ1n) is 7.70. The Labute approximate surface area is 143 Å². The number of nitrogens with one attached hydrogen (secondary N) is 2. The third-order valence-electron chi connectivity index (χ3n) is 3.67. The standard InChI is InChI=1S/C16H26N2O5S/c1-11(2)12(3)18-16(19)13-6-7-14(23-5)15(10-13)24(20,21)17-8-9-22-4/h6-7,10-12,17H,8-9H2,1-5H3,(H,18,19). The van der Waals surface area contributed by atoms with Crippen LogP contribution in [0.5, 0.6) is 5.75 Å². The molecule has 2 N–H and O–H groups in total. The molecule has 0 saturated carbocycles. The van der Waals surface area contributed by atoms with Gasteiger partial charge in [-0.1, -0.05) is 13.8 Å². The molecule has 1 atom stereocenters. The summed E-state index contributed by atoms with van der Waals surface area (Å²) in [5.74, 6) is 0.117. The Balaban J connectivity index is 3.10. The summed E-state index contributed by atoms with van der Waals surface area (Å²) >= 11 is 0. The molecule has 1 aromatic carbocycles. The molecule has 24 heavy (non-hydrogen) atoms. The first-order valence-corrected chi connectivity index (χ1v) is 9.18. The molecule has 0 aliphatic carbocycles. The number of hydrogen-bond acceptors (Lipinski definition) is 5. The average Bonchev–Trinajstić information content (AvgIpc) is 2.54. The minimum absolute atomic E-state index is 0.0283. The molecule has 136 valence electrons. The third-order valence-corrected chi connectivity index (χ3v) is 5.15. The molecular weight excluding hydrogens is 332 g/mol. The minimum atomic E-state index is -3.81. The number of sulfonamides is 1. The summed E-state index contributed by atoms with van der Waals surface area (Å²) in [5, 5.41) is 2.85. The van der Waals surface area contributed by atoms with Crippen molar-refractivity contribution in [3.8, 4) is 5.75 Å². The summed E-state index contributed by atoms with van der Waals surface area (Å²) in [6, 6.07) is 4.30. The first-order chi connectivity index (χ1) is 11.2. The van der Waals surface area contributed by atoms with Gasteiger partial charge in [0.15, 0.2) is 0 Å². The van der Waals surface area contributed by atoms with E-state index in [4.69, 9.17) is 9.47 Å². The second-order valence-corrected chi connectivity index (χ2v) is 7.50. The number of rotatable bonds is 9. The van der Waals surface area contributed by atoms with Crippen LogP contribution in [0.3, 0.4) is 0 Å². The van der Waals surface area contributed by atoms with E-state index < -0.39 is 10.0 Å². The number of benzene rings is 1. The lowest BCUT2D eigenvalue weighted by Crippen LogP contribution is -2.36. The molecule has 0 aromatic heterocycles. The number of carbonyl (C=O) groups is 1. The molecule has 0 spiro atoms. The zero-order valence-corrected chi connectivity index (χ0v) is 15.6. The summed E-state index contributed by atoms with van der Waals surface area (Å²) in [6.07, 6.45) is 0. The highest BCUT2D eigenvalue weighted by atomic mass is 32.2. The van der Waals surface area contributed by atoms with Crippen LogP contribution in [0.25, 0.3) is 0 Å². The average molecular weight is 358 g/mol. The van der Waals surface area contributed by atoms with Gasteiger partial charge in [-0.05, 0) is 31.0 Å². The smallest absolute Gasteiger partial charge is 0.251 e. The van der Waals surface area contributed by atoms with Crippen molar-refractivity contribution in [3.05, 3.63) is 23.8 Å². The molecule has 0 saturated heterocycles. The van der Waals surface area contributed by atoms with Gasteiger partial charge in [0.05, 0.1) is 13.7 Å². The van der Waals surface area contributed by atoms with E-state index in [1.807, 2.05) is 20.8 Å². The van der Waals surface area contributed by atoms with Crippen molar-refractivity contribution in [3.63, 3.8) is 0 Å². The van der Waals surface area contributed by atoms with E-state index in [1.54, 1.807) is 0 Å². The van der Waals surface area contributed by atoms with E-state index >= 15 is 0 Å². The van der Waals surface area contributed by atoms with Gasteiger partial charge in [-0.25, -0.2) is 13.1 Å². The second-order valence-electron chi connectivity index (χ2n) is 5.76. The summed E-state index contributed by atoms with van der Waals surface area (Å²) in [4.78, 5) is 12.2. The van der Waals surface area contributed by atoms with E-state index in [0.29, 0.717) is 0 Å². The van der Waals surface area contributed by atoms with Crippen LogP contribution in [-0.4, -0.2) is 47.7 Å². The zero-order valence-electron chi connectivity index (χ0n) is 14.8. The Bertz CT molecular complexity index is 658. The van der Waals surface area contributed by atoms with Crippen molar-refractivity contribution >= 4 is 15.9 Å². The molecule has 7 nitrogen and oxygen atoms in total. The fraction of sp³-hybridized carbons (Fsp3) is 0.562. The maximum atomic E-state index is 12.4. The van der Waals surface area contributed by atoms with E-state index in [-0.39, 0.29) is 47.2 Å². The summed E-state index contributed by atoms with van der Waals surface area (Å²) in [6.45, 7) is 6.26. The van der Waals surface area contributed by atoms with Crippen molar-refractivity contribution < 1.29 is 22.7 Å². The van der Waals surface area contributed by atoms with Crippen LogP contribution in [0.2, 0.25) is 0 Å². The Kier molecular flexibility index (Phi) is 7.65. The van der Waals surface area contributed by atoms with Crippen LogP contribution in [0.15, 0.2) is 23.1 Å². The molecule has 1 aromatic rings. The van der Waals surface area contributed by atoms with Gasteiger partial charge in [0.25, 0.3) is 5.91 Å². The Hall–Kier alpha value is -1.64. The Morgan fingerprint density at radius 2 is 1.88 bits per heavy atom.